The fraction of sp³-hybridized carbons (Fsp3) is 0.364. The van der Waals surface area contributed by atoms with Crippen molar-refractivity contribution >= 4 is 23.7 Å². The second-order valence-electron chi connectivity index (χ2n) is 7.37. The first-order valence-corrected chi connectivity index (χ1v) is 10.1. The molecule has 3 heterocycles. The summed E-state index contributed by atoms with van der Waals surface area (Å²) in [5.74, 6) is -1.72. The van der Waals surface area contributed by atoms with Crippen molar-refractivity contribution in [1.82, 2.24) is 25.1 Å². The highest BCUT2D eigenvalue weighted by atomic mass is 16.5. The molecule has 0 bridgehead atoms. The van der Waals surface area contributed by atoms with Crippen LogP contribution < -0.4 is 5.32 Å². The van der Waals surface area contributed by atoms with Gasteiger partial charge in [0, 0.05) is 51.2 Å². The van der Waals surface area contributed by atoms with E-state index < -0.39 is 24.0 Å². The Balaban J connectivity index is 1.77. The van der Waals surface area contributed by atoms with Gasteiger partial charge in [0.2, 0.25) is 11.8 Å². The minimum atomic E-state index is -0.963. The normalized spacial score (nSPS) is 16.8. The first kappa shape index (κ1) is 22.9. The fourth-order valence-corrected chi connectivity index (χ4v) is 3.60. The quantitative estimate of drug-likeness (QED) is 0.631. The molecule has 2 unspecified atom stereocenters. The summed E-state index contributed by atoms with van der Waals surface area (Å²) in [5, 5.41) is 2.68. The van der Waals surface area contributed by atoms with Crippen LogP contribution in [0.2, 0.25) is 0 Å². The van der Waals surface area contributed by atoms with Crippen molar-refractivity contribution in [1.29, 1.82) is 0 Å². The van der Waals surface area contributed by atoms with Crippen molar-refractivity contribution in [2.24, 2.45) is 0 Å². The number of piperazine rings is 1. The van der Waals surface area contributed by atoms with Crippen LogP contribution in [0.25, 0.3) is 0 Å². The van der Waals surface area contributed by atoms with Gasteiger partial charge in [-0.1, -0.05) is 6.07 Å². The fourth-order valence-electron chi connectivity index (χ4n) is 3.60. The Kier molecular flexibility index (Phi) is 7.48. The maximum atomic E-state index is 13.2. The number of ether oxygens (including phenoxy) is 1. The first-order chi connectivity index (χ1) is 15.4. The number of amides is 3. The molecule has 0 aliphatic carbocycles. The lowest BCUT2D eigenvalue weighted by molar-refractivity contribution is -0.147. The van der Waals surface area contributed by atoms with Gasteiger partial charge >= 0.3 is 5.97 Å². The molecule has 0 radical (unpaired) electrons. The Morgan fingerprint density at radius 2 is 1.84 bits per heavy atom. The molecule has 0 spiro atoms. The lowest BCUT2D eigenvalue weighted by atomic mass is 10.1. The molecule has 0 saturated carbocycles. The molecule has 2 aromatic heterocycles. The zero-order chi connectivity index (χ0) is 23.1. The molecule has 3 amide bonds. The molecular weight excluding hydrogens is 414 g/mol. The average molecular weight is 439 g/mol. The third kappa shape index (κ3) is 5.45. The maximum absolute atomic E-state index is 13.2. The standard InChI is InChI=1S/C22H25N5O5/c1-15(28)27-10-9-26(21(30)17-6-4-8-24-13-17)14-19(27)20(29)25-18(22(31)32-2)11-16-5-3-7-23-12-16/h3-8,12-13,18-19H,9-11,14H2,1-2H3,(H,25,29). The molecule has 1 fully saturated rings. The minimum Gasteiger partial charge on any atom is -0.467 e. The van der Waals surface area contributed by atoms with E-state index in [1.807, 2.05) is 0 Å². The van der Waals surface area contributed by atoms with E-state index in [-0.39, 0.29) is 37.9 Å². The van der Waals surface area contributed by atoms with Gasteiger partial charge in [-0.2, -0.15) is 0 Å². The smallest absolute Gasteiger partial charge is 0.328 e. The average Bonchev–Trinajstić information content (AvgIpc) is 2.83. The number of nitrogens with zero attached hydrogens (tertiary/aromatic N) is 4. The predicted octanol–water partition coefficient (Wildman–Crippen LogP) is 0.0500. The third-order valence-electron chi connectivity index (χ3n) is 5.25. The van der Waals surface area contributed by atoms with Gasteiger partial charge in [0.05, 0.1) is 19.2 Å². The van der Waals surface area contributed by atoms with Crippen molar-refractivity contribution in [2.75, 3.05) is 26.7 Å². The monoisotopic (exact) mass is 439 g/mol. The molecule has 2 atom stereocenters. The van der Waals surface area contributed by atoms with Crippen LogP contribution in [0, 0.1) is 0 Å². The zero-order valence-electron chi connectivity index (χ0n) is 17.9. The number of carbonyl (C=O) groups excluding carboxylic acids is 4. The lowest BCUT2D eigenvalue weighted by Crippen LogP contribution is -2.62. The second-order valence-corrected chi connectivity index (χ2v) is 7.37. The van der Waals surface area contributed by atoms with Gasteiger partial charge in [0.1, 0.15) is 12.1 Å². The van der Waals surface area contributed by atoms with Gasteiger partial charge in [-0.15, -0.1) is 0 Å². The molecule has 1 N–H and O–H groups in total. The van der Waals surface area contributed by atoms with Gasteiger partial charge in [-0.3, -0.25) is 24.4 Å². The number of aromatic nitrogens is 2. The highest BCUT2D eigenvalue weighted by molar-refractivity contribution is 5.96. The van der Waals surface area contributed by atoms with E-state index in [2.05, 4.69) is 15.3 Å². The van der Waals surface area contributed by atoms with Gasteiger partial charge in [0.25, 0.3) is 5.91 Å². The van der Waals surface area contributed by atoms with E-state index in [0.29, 0.717) is 5.56 Å². The van der Waals surface area contributed by atoms with E-state index in [9.17, 15) is 19.2 Å². The van der Waals surface area contributed by atoms with Crippen molar-refractivity contribution < 1.29 is 23.9 Å². The summed E-state index contributed by atoms with van der Waals surface area (Å²) in [6.07, 6.45) is 6.40. The molecular formula is C22H25N5O5. The van der Waals surface area contributed by atoms with Gasteiger partial charge in [-0.05, 0) is 23.8 Å². The SMILES string of the molecule is COC(=O)C(Cc1cccnc1)NC(=O)C1CN(C(=O)c2cccnc2)CCN1C(C)=O. The molecule has 10 heteroatoms. The van der Waals surface area contributed by atoms with Crippen LogP contribution in [0.3, 0.4) is 0 Å². The van der Waals surface area contributed by atoms with Crippen LogP contribution >= 0.6 is 0 Å². The van der Waals surface area contributed by atoms with E-state index >= 15 is 0 Å². The molecule has 2 aromatic rings. The summed E-state index contributed by atoms with van der Waals surface area (Å²) in [5.41, 5.74) is 1.13. The summed E-state index contributed by atoms with van der Waals surface area (Å²) in [7, 11) is 1.24. The Morgan fingerprint density at radius 3 is 2.44 bits per heavy atom. The van der Waals surface area contributed by atoms with Crippen molar-refractivity contribution in [3.05, 3.63) is 60.2 Å². The topological polar surface area (TPSA) is 122 Å². The summed E-state index contributed by atoms with van der Waals surface area (Å²) in [6.45, 7) is 1.85. The molecule has 168 valence electrons. The molecule has 1 aliphatic heterocycles. The third-order valence-corrected chi connectivity index (χ3v) is 5.25. The number of carbonyl (C=O) groups is 4. The number of esters is 1. The largest absolute Gasteiger partial charge is 0.467 e. The lowest BCUT2D eigenvalue weighted by Gasteiger charge is -2.40. The summed E-state index contributed by atoms with van der Waals surface area (Å²) < 4.78 is 4.84. The van der Waals surface area contributed by atoms with Crippen molar-refractivity contribution in [2.45, 2.75) is 25.4 Å². The zero-order valence-corrected chi connectivity index (χ0v) is 17.9. The van der Waals surface area contributed by atoms with Crippen LogP contribution in [0.15, 0.2) is 49.1 Å². The number of nitrogens with one attached hydrogen (secondary N) is 1. The van der Waals surface area contributed by atoms with Gasteiger partial charge < -0.3 is 19.9 Å². The second kappa shape index (κ2) is 10.5. The number of pyridine rings is 2. The number of rotatable bonds is 6. The summed E-state index contributed by atoms with van der Waals surface area (Å²) in [4.78, 5) is 61.3. The molecule has 0 aromatic carbocycles. The maximum Gasteiger partial charge on any atom is 0.328 e. The molecule has 10 nitrogen and oxygen atoms in total. The molecule has 32 heavy (non-hydrogen) atoms. The van der Waals surface area contributed by atoms with E-state index in [1.54, 1.807) is 42.9 Å². The van der Waals surface area contributed by atoms with E-state index in [1.165, 1.54) is 30.0 Å². The Bertz CT molecular complexity index is 969. The summed E-state index contributed by atoms with van der Waals surface area (Å²) >= 11 is 0. The predicted molar refractivity (Wildman–Crippen MR) is 113 cm³/mol. The molecule has 1 saturated heterocycles. The minimum absolute atomic E-state index is 0.0000733. The first-order valence-electron chi connectivity index (χ1n) is 10.1. The van der Waals surface area contributed by atoms with Crippen molar-refractivity contribution in [3.63, 3.8) is 0 Å². The van der Waals surface area contributed by atoms with Crippen LogP contribution in [0.5, 0.6) is 0 Å². The van der Waals surface area contributed by atoms with Crippen LogP contribution in [0.4, 0.5) is 0 Å². The van der Waals surface area contributed by atoms with Gasteiger partial charge in [-0.25, -0.2) is 4.79 Å². The number of hydrogen-bond acceptors (Lipinski definition) is 7. The Hall–Kier alpha value is -3.82. The van der Waals surface area contributed by atoms with E-state index in [0.717, 1.165) is 5.56 Å². The molecule has 1 aliphatic rings. The summed E-state index contributed by atoms with van der Waals surface area (Å²) in [6, 6.07) is 4.90. The van der Waals surface area contributed by atoms with Crippen molar-refractivity contribution in [3.8, 4) is 0 Å². The van der Waals surface area contributed by atoms with E-state index in [4.69, 9.17) is 4.74 Å². The number of methoxy groups -OCH3 is 1. The molecule has 3 rings (SSSR count). The van der Waals surface area contributed by atoms with Crippen LogP contribution in [-0.2, 0) is 25.5 Å². The Morgan fingerprint density at radius 1 is 1.12 bits per heavy atom. The highest BCUT2D eigenvalue weighted by Gasteiger charge is 2.37. The number of hydrogen-bond donors (Lipinski definition) is 1. The highest BCUT2D eigenvalue weighted by Crippen LogP contribution is 2.15. The van der Waals surface area contributed by atoms with Gasteiger partial charge in [0.15, 0.2) is 0 Å². The Labute approximate surface area is 185 Å². The van der Waals surface area contributed by atoms with Crippen LogP contribution in [0.1, 0.15) is 22.8 Å². The van der Waals surface area contributed by atoms with Crippen LogP contribution in [-0.4, -0.2) is 82.3 Å².